The minimum atomic E-state index is -1.12. The zero-order chi connectivity index (χ0) is 46.3. The van der Waals surface area contributed by atoms with Crippen LogP contribution in [0.4, 0.5) is 0 Å². The molecule has 0 radical (unpaired) electrons. The Labute approximate surface area is 390 Å². The summed E-state index contributed by atoms with van der Waals surface area (Å²) in [5, 5.41) is 11.7. The lowest BCUT2D eigenvalue weighted by Gasteiger charge is -2.34. The van der Waals surface area contributed by atoms with Crippen molar-refractivity contribution in [3.8, 4) is 0 Å². The molecule has 0 aromatic rings. The number of rotatable bonds is 50. The number of quaternary nitrogens is 1. The van der Waals surface area contributed by atoms with Crippen LogP contribution < -0.4 is 5.11 Å². The summed E-state index contributed by atoms with van der Waals surface area (Å²) in [6, 6.07) is -0.723. The Morgan fingerprint density at radius 2 is 0.794 bits per heavy atom. The van der Waals surface area contributed by atoms with Crippen molar-refractivity contribution >= 4 is 17.9 Å². The van der Waals surface area contributed by atoms with E-state index in [1.54, 1.807) is 0 Å². The maximum Gasteiger partial charge on any atom is 0.306 e. The van der Waals surface area contributed by atoms with Gasteiger partial charge in [-0.1, -0.05) is 225 Å². The van der Waals surface area contributed by atoms with E-state index in [9.17, 15) is 19.5 Å². The second-order valence-electron chi connectivity index (χ2n) is 19.8. The molecule has 0 amide bonds. The molecule has 0 aliphatic carbocycles. The summed E-state index contributed by atoms with van der Waals surface area (Å²) in [5.41, 5.74) is 0. The Morgan fingerprint density at radius 3 is 1.14 bits per heavy atom. The fourth-order valence-electron chi connectivity index (χ4n) is 8.42. The van der Waals surface area contributed by atoms with Gasteiger partial charge in [0.25, 0.3) is 0 Å². The number of hydrogen-bond donors (Lipinski definition) is 0. The van der Waals surface area contributed by atoms with Crippen molar-refractivity contribution in [2.45, 2.75) is 283 Å². The molecule has 0 aliphatic rings. The molecule has 0 saturated carbocycles. The Hall–Kier alpha value is -1.93. The lowest BCUT2D eigenvalue weighted by molar-refractivity contribution is -0.889. The van der Waals surface area contributed by atoms with Crippen LogP contribution in [0, 0.1) is 0 Å². The summed E-state index contributed by atoms with van der Waals surface area (Å²) in [7, 11) is 5.43. The van der Waals surface area contributed by atoms with Crippen LogP contribution in [0.2, 0.25) is 0 Å². The van der Waals surface area contributed by atoms with E-state index in [0.29, 0.717) is 12.8 Å². The summed E-state index contributed by atoms with van der Waals surface area (Å²) in [6.07, 6.45) is 52.4. The van der Waals surface area contributed by atoms with Gasteiger partial charge in [0, 0.05) is 19.3 Å². The highest BCUT2D eigenvalue weighted by Gasteiger charge is 2.25. The van der Waals surface area contributed by atoms with Crippen LogP contribution in [0.1, 0.15) is 271 Å². The van der Waals surface area contributed by atoms with Gasteiger partial charge in [-0.15, -0.1) is 0 Å². The van der Waals surface area contributed by atoms with E-state index in [0.717, 1.165) is 38.5 Å². The van der Waals surface area contributed by atoms with Crippen molar-refractivity contribution < 1.29 is 38.2 Å². The number of carboxylic acid groups (broad SMARTS) is 1. The molecule has 2 atom stereocenters. The molecule has 0 bridgehead atoms. The van der Waals surface area contributed by atoms with Crippen LogP contribution >= 0.6 is 0 Å². The van der Waals surface area contributed by atoms with Gasteiger partial charge in [-0.2, -0.15) is 0 Å². The van der Waals surface area contributed by atoms with Crippen molar-refractivity contribution in [1.82, 2.24) is 0 Å². The Morgan fingerprint density at radius 1 is 0.460 bits per heavy atom. The zero-order valence-corrected chi connectivity index (χ0v) is 42.5. The molecular formula is C55H105NO7. The third-order valence-electron chi connectivity index (χ3n) is 12.7. The summed E-state index contributed by atoms with van der Waals surface area (Å²) in [4.78, 5) is 37.1. The van der Waals surface area contributed by atoms with E-state index in [2.05, 4.69) is 26.0 Å². The number of likely N-dealkylation sites (N-methyl/N-ethyl adjacent to an activating group) is 1. The molecule has 0 fully saturated rings. The van der Waals surface area contributed by atoms with Gasteiger partial charge in [0.05, 0.1) is 40.3 Å². The monoisotopic (exact) mass is 892 g/mol. The third-order valence-corrected chi connectivity index (χ3v) is 12.7. The van der Waals surface area contributed by atoms with Crippen molar-refractivity contribution in [3.63, 3.8) is 0 Å². The van der Waals surface area contributed by atoms with Crippen molar-refractivity contribution in [1.29, 1.82) is 0 Å². The molecule has 372 valence electrons. The number of carboxylic acids is 1. The number of esters is 2. The van der Waals surface area contributed by atoms with Gasteiger partial charge >= 0.3 is 11.9 Å². The first kappa shape index (κ1) is 61.1. The minimum Gasteiger partial charge on any atom is -0.544 e. The van der Waals surface area contributed by atoms with Gasteiger partial charge < -0.3 is 28.6 Å². The minimum absolute atomic E-state index is 0.0453. The first-order valence-electron chi connectivity index (χ1n) is 27.2. The molecule has 8 nitrogen and oxygen atoms in total. The average molecular weight is 892 g/mol. The molecule has 0 rings (SSSR count). The highest BCUT2D eigenvalue weighted by Crippen LogP contribution is 2.17. The second kappa shape index (κ2) is 46.6. The quantitative estimate of drug-likeness (QED) is 0.0259. The van der Waals surface area contributed by atoms with Gasteiger partial charge in [0.1, 0.15) is 12.6 Å². The SMILES string of the molecule is CCCCCCCCCCCC/C=C/CCCCCCCCCC(=O)OC(COCCC(C(=O)[O-])[N+](C)(C)C)COC(=O)CCCCCCCCCCCCCCCCCCCC. The summed E-state index contributed by atoms with van der Waals surface area (Å²) >= 11 is 0. The fourth-order valence-corrected chi connectivity index (χ4v) is 8.42. The van der Waals surface area contributed by atoms with Crippen molar-refractivity contribution in [2.75, 3.05) is 41.0 Å². The number of allylic oxidation sites excluding steroid dienone is 2. The smallest absolute Gasteiger partial charge is 0.306 e. The molecule has 0 spiro atoms. The van der Waals surface area contributed by atoms with Gasteiger partial charge in [-0.05, 0) is 38.5 Å². The number of aliphatic carboxylic acids is 1. The lowest BCUT2D eigenvalue weighted by Crippen LogP contribution is -2.55. The fraction of sp³-hybridized carbons (Fsp3) is 0.909. The largest absolute Gasteiger partial charge is 0.544 e. The van der Waals surface area contributed by atoms with Gasteiger partial charge in [-0.3, -0.25) is 9.59 Å². The van der Waals surface area contributed by atoms with E-state index in [-0.39, 0.29) is 42.7 Å². The number of carbonyl (C=O) groups is 3. The molecule has 0 aromatic carbocycles. The van der Waals surface area contributed by atoms with Crippen LogP contribution in [-0.2, 0) is 28.6 Å². The Balaban J connectivity index is 4.18. The van der Waals surface area contributed by atoms with E-state index in [1.807, 2.05) is 21.1 Å². The molecule has 2 unspecified atom stereocenters. The topological polar surface area (TPSA) is 102 Å². The Kier molecular flexibility index (Phi) is 45.2. The maximum absolute atomic E-state index is 12.8. The molecule has 0 N–H and O–H groups in total. The zero-order valence-electron chi connectivity index (χ0n) is 42.5. The first-order chi connectivity index (χ1) is 30.6. The normalized spacial score (nSPS) is 12.8. The van der Waals surface area contributed by atoms with Crippen LogP contribution in [0.15, 0.2) is 12.2 Å². The van der Waals surface area contributed by atoms with E-state index in [1.165, 1.54) is 199 Å². The van der Waals surface area contributed by atoms with Crippen LogP contribution in [0.5, 0.6) is 0 Å². The van der Waals surface area contributed by atoms with E-state index >= 15 is 0 Å². The average Bonchev–Trinajstić information content (AvgIpc) is 3.24. The Bertz CT molecular complexity index is 1040. The van der Waals surface area contributed by atoms with Crippen LogP contribution in [-0.4, -0.2) is 75.5 Å². The lowest BCUT2D eigenvalue weighted by atomic mass is 10.0. The standard InChI is InChI=1S/C55H105NO7/c1-6-8-10-12-14-16-18-20-22-24-26-27-28-30-32-34-36-38-40-42-44-46-54(58)63-51(49-61-48-47-52(55(59)60)56(3,4)5)50-62-53(57)45-43-41-39-37-35-33-31-29-25-23-21-19-17-15-13-11-9-7-2/h27-28,51-52H,6-26,29-50H2,1-5H3/b28-27+. The molecular weight excluding hydrogens is 787 g/mol. The third kappa shape index (κ3) is 45.0. The summed E-state index contributed by atoms with van der Waals surface area (Å²) < 4.78 is 17.3. The molecule has 0 heterocycles. The highest BCUT2D eigenvalue weighted by atomic mass is 16.6. The molecule has 8 heteroatoms. The van der Waals surface area contributed by atoms with Crippen LogP contribution in [0.3, 0.4) is 0 Å². The van der Waals surface area contributed by atoms with Gasteiger partial charge in [0.2, 0.25) is 0 Å². The maximum atomic E-state index is 12.8. The second-order valence-corrected chi connectivity index (χ2v) is 19.8. The molecule has 0 saturated heterocycles. The number of carbonyl (C=O) groups excluding carboxylic acids is 3. The van der Waals surface area contributed by atoms with Gasteiger partial charge in [-0.25, -0.2) is 0 Å². The molecule has 0 aromatic heterocycles. The van der Waals surface area contributed by atoms with Gasteiger partial charge in [0.15, 0.2) is 6.10 Å². The van der Waals surface area contributed by atoms with Crippen LogP contribution in [0.25, 0.3) is 0 Å². The highest BCUT2D eigenvalue weighted by molar-refractivity contribution is 5.70. The number of hydrogen-bond acceptors (Lipinski definition) is 7. The molecule has 63 heavy (non-hydrogen) atoms. The van der Waals surface area contributed by atoms with E-state index in [4.69, 9.17) is 14.2 Å². The number of nitrogens with zero attached hydrogens (tertiary/aromatic N) is 1. The summed E-state index contributed by atoms with van der Waals surface area (Å²) in [5.74, 6) is -1.72. The van der Waals surface area contributed by atoms with Crippen molar-refractivity contribution in [3.05, 3.63) is 12.2 Å². The predicted molar refractivity (Wildman–Crippen MR) is 264 cm³/mol. The predicted octanol–water partition coefficient (Wildman–Crippen LogP) is 14.5. The summed E-state index contributed by atoms with van der Waals surface area (Å²) in [6.45, 7) is 4.72. The van der Waals surface area contributed by atoms with Crippen molar-refractivity contribution in [2.24, 2.45) is 0 Å². The number of ether oxygens (including phenoxy) is 3. The molecule has 0 aliphatic heterocycles. The van der Waals surface area contributed by atoms with E-state index < -0.39 is 18.1 Å². The number of unbranched alkanes of at least 4 members (excludes halogenated alkanes) is 34. The first-order valence-corrected chi connectivity index (χ1v) is 27.2.